The maximum atomic E-state index is 12.4. The average molecular weight is 396 g/mol. The Morgan fingerprint density at radius 2 is 1.97 bits per heavy atom. The molecule has 1 heterocycles. The van der Waals surface area contributed by atoms with E-state index < -0.39 is 11.9 Å². The molecule has 1 unspecified atom stereocenters. The van der Waals surface area contributed by atoms with Gasteiger partial charge in [0.1, 0.15) is 12.4 Å². The number of fused-ring (bicyclic) bond motifs is 1. The van der Waals surface area contributed by atoms with E-state index in [0.717, 1.165) is 10.9 Å². The van der Waals surface area contributed by atoms with Crippen LogP contribution < -0.4 is 21.1 Å². The van der Waals surface area contributed by atoms with Gasteiger partial charge in [0.25, 0.3) is 11.5 Å². The Bertz CT molecular complexity index is 1020. The Labute approximate surface area is 168 Å². The van der Waals surface area contributed by atoms with Gasteiger partial charge >= 0.3 is 0 Å². The van der Waals surface area contributed by atoms with E-state index in [1.807, 2.05) is 49.4 Å². The van der Waals surface area contributed by atoms with E-state index in [1.54, 1.807) is 17.7 Å². The Balaban J connectivity index is 1.57. The van der Waals surface area contributed by atoms with Gasteiger partial charge < -0.3 is 10.1 Å². The highest BCUT2D eigenvalue weighted by atomic mass is 16.5. The lowest BCUT2D eigenvalue weighted by Crippen LogP contribution is -2.44. The van der Waals surface area contributed by atoms with E-state index in [-0.39, 0.29) is 5.56 Å². The lowest BCUT2D eigenvalue weighted by Gasteiger charge is -2.16. The summed E-state index contributed by atoms with van der Waals surface area (Å²) in [6, 6.07) is 14.2. The molecule has 0 bridgehead atoms. The molecular weight excluding hydrogens is 372 g/mol. The van der Waals surface area contributed by atoms with Crippen molar-refractivity contribution in [2.45, 2.75) is 25.9 Å². The van der Waals surface area contributed by atoms with Crippen molar-refractivity contribution in [3.05, 3.63) is 70.6 Å². The molecule has 0 radical (unpaired) electrons. The van der Waals surface area contributed by atoms with Crippen molar-refractivity contribution in [3.8, 4) is 5.75 Å². The largest absolute Gasteiger partial charge is 0.492 e. The van der Waals surface area contributed by atoms with Crippen LogP contribution in [0.3, 0.4) is 0 Å². The summed E-state index contributed by atoms with van der Waals surface area (Å²) in [6.07, 6.45) is 2.12. The molecule has 152 valence electrons. The number of carbonyl (C=O) groups is 1. The van der Waals surface area contributed by atoms with E-state index in [9.17, 15) is 9.59 Å². The third-order valence-electron chi connectivity index (χ3n) is 4.57. The summed E-state index contributed by atoms with van der Waals surface area (Å²) in [7, 11) is 0. The maximum absolute atomic E-state index is 12.4. The van der Waals surface area contributed by atoms with Crippen molar-refractivity contribution in [3.63, 3.8) is 0 Å². The molecule has 1 amide bonds. The lowest BCUT2D eigenvalue weighted by atomic mass is 10.1. The molecule has 0 aliphatic heterocycles. The molecule has 0 spiro atoms. The van der Waals surface area contributed by atoms with Gasteiger partial charge in [-0.25, -0.2) is 10.2 Å². The molecule has 3 aromatic rings. The first-order valence-corrected chi connectivity index (χ1v) is 9.46. The summed E-state index contributed by atoms with van der Waals surface area (Å²) in [4.78, 5) is 24.1. The summed E-state index contributed by atoms with van der Waals surface area (Å²) in [6.45, 7) is 3.15. The fraction of sp³-hybridized carbons (Fsp3) is 0.286. The predicted octanol–water partition coefficient (Wildman–Crippen LogP) is 1.50. The minimum Gasteiger partial charge on any atom is -0.492 e. The number of nitrogens with one attached hydrogen (secondary N) is 2. The highest BCUT2D eigenvalue weighted by molar-refractivity contribution is 5.81. The van der Waals surface area contributed by atoms with Gasteiger partial charge in [-0.15, -0.1) is 0 Å². The lowest BCUT2D eigenvalue weighted by molar-refractivity contribution is -0.131. The maximum Gasteiger partial charge on any atom is 0.274 e. The molecule has 3 N–H and O–H groups in total. The molecule has 0 fully saturated rings. The Morgan fingerprint density at radius 3 is 2.69 bits per heavy atom. The fourth-order valence-corrected chi connectivity index (χ4v) is 3.08. The molecular formula is C21H24N4O4. The fourth-order valence-electron chi connectivity index (χ4n) is 3.08. The van der Waals surface area contributed by atoms with Crippen molar-refractivity contribution in [2.24, 2.45) is 0 Å². The number of hydrogen-bond acceptors (Lipinski definition) is 6. The van der Waals surface area contributed by atoms with Crippen molar-refractivity contribution in [2.75, 3.05) is 13.2 Å². The van der Waals surface area contributed by atoms with E-state index in [0.29, 0.717) is 37.3 Å². The van der Waals surface area contributed by atoms with Crippen LogP contribution in [0, 0.1) is 0 Å². The monoisotopic (exact) mass is 396 g/mol. The Hall–Kier alpha value is -3.23. The molecule has 1 atom stereocenters. The first-order valence-electron chi connectivity index (χ1n) is 9.46. The average Bonchev–Trinajstić information content (AvgIpc) is 2.76. The number of hydrogen-bond donors (Lipinski definition) is 3. The van der Waals surface area contributed by atoms with Gasteiger partial charge in [-0.2, -0.15) is 5.10 Å². The van der Waals surface area contributed by atoms with Gasteiger partial charge in [0.2, 0.25) is 0 Å². The van der Waals surface area contributed by atoms with Crippen LogP contribution in [0.1, 0.15) is 12.5 Å². The van der Waals surface area contributed by atoms with Crippen LogP contribution in [0.2, 0.25) is 0 Å². The number of ether oxygens (including phenoxy) is 1. The molecule has 1 aromatic heterocycles. The first kappa shape index (κ1) is 20.5. The minimum absolute atomic E-state index is 0.140. The number of hydroxylamine groups is 1. The van der Waals surface area contributed by atoms with E-state index in [4.69, 9.17) is 9.94 Å². The zero-order valence-corrected chi connectivity index (χ0v) is 16.2. The van der Waals surface area contributed by atoms with Gasteiger partial charge in [-0.3, -0.25) is 14.8 Å². The molecule has 0 saturated heterocycles. The molecule has 0 saturated carbocycles. The van der Waals surface area contributed by atoms with E-state index in [2.05, 4.69) is 10.4 Å². The van der Waals surface area contributed by atoms with Crippen molar-refractivity contribution in [1.82, 2.24) is 20.6 Å². The van der Waals surface area contributed by atoms with Crippen molar-refractivity contribution < 1.29 is 14.7 Å². The molecule has 3 rings (SSSR count). The number of amides is 1. The zero-order valence-electron chi connectivity index (χ0n) is 16.2. The zero-order chi connectivity index (χ0) is 20.6. The third kappa shape index (κ3) is 5.18. The number of nitrogens with zero attached hydrogens (tertiary/aromatic N) is 2. The van der Waals surface area contributed by atoms with Crippen molar-refractivity contribution >= 4 is 16.7 Å². The number of rotatable bonds is 9. The highest BCUT2D eigenvalue weighted by Gasteiger charge is 2.17. The second-order valence-corrected chi connectivity index (χ2v) is 6.54. The third-order valence-corrected chi connectivity index (χ3v) is 4.57. The molecule has 0 aliphatic carbocycles. The predicted molar refractivity (Wildman–Crippen MR) is 109 cm³/mol. The molecule has 8 heteroatoms. The highest BCUT2D eigenvalue weighted by Crippen LogP contribution is 2.14. The van der Waals surface area contributed by atoms with Gasteiger partial charge in [-0.05, 0) is 36.7 Å². The summed E-state index contributed by atoms with van der Waals surface area (Å²) >= 11 is 0. The molecule has 2 aromatic carbocycles. The van der Waals surface area contributed by atoms with Crippen LogP contribution in [0.5, 0.6) is 5.75 Å². The van der Waals surface area contributed by atoms with Gasteiger partial charge in [0.05, 0.1) is 24.2 Å². The topological polar surface area (TPSA) is 105 Å². The van der Waals surface area contributed by atoms with Crippen LogP contribution in [0.15, 0.2) is 59.5 Å². The smallest absolute Gasteiger partial charge is 0.274 e. The second kappa shape index (κ2) is 9.81. The molecule has 29 heavy (non-hydrogen) atoms. The van der Waals surface area contributed by atoms with Gasteiger partial charge in [0, 0.05) is 5.39 Å². The standard InChI is InChI=1S/C21H24N4O4/c1-2-22-19(20(26)24-28)13-15-7-9-17(10-8-15)29-12-11-25-21(27)18-6-4-3-5-16(18)14-23-25/h3-10,14,19,22,28H,2,11-13H2,1H3,(H,24,26). The second-order valence-electron chi connectivity index (χ2n) is 6.54. The van der Waals surface area contributed by atoms with Gasteiger partial charge in [-0.1, -0.05) is 37.3 Å². The molecule has 0 aliphatic rings. The van der Waals surface area contributed by atoms with E-state index in [1.165, 1.54) is 4.68 Å². The van der Waals surface area contributed by atoms with Crippen LogP contribution in [-0.4, -0.2) is 40.1 Å². The first-order chi connectivity index (χ1) is 14.1. The number of benzene rings is 2. The normalized spacial score (nSPS) is 11.9. The van der Waals surface area contributed by atoms with Crippen molar-refractivity contribution in [1.29, 1.82) is 0 Å². The number of aromatic nitrogens is 2. The number of likely N-dealkylation sites (N-methyl/N-ethyl adjacent to an activating group) is 1. The molecule has 8 nitrogen and oxygen atoms in total. The summed E-state index contributed by atoms with van der Waals surface area (Å²) in [5.74, 6) is 0.190. The summed E-state index contributed by atoms with van der Waals surface area (Å²) in [5, 5.41) is 17.5. The number of carbonyl (C=O) groups excluding carboxylic acids is 1. The van der Waals surface area contributed by atoms with Crippen LogP contribution >= 0.6 is 0 Å². The SMILES string of the molecule is CCNC(Cc1ccc(OCCn2ncc3ccccc3c2=O)cc1)C(=O)NO. The minimum atomic E-state index is -0.511. The van der Waals surface area contributed by atoms with Gasteiger partial charge in [0.15, 0.2) is 0 Å². The Kier molecular flexibility index (Phi) is 6.94. The Morgan fingerprint density at radius 1 is 1.21 bits per heavy atom. The van der Waals surface area contributed by atoms with Crippen LogP contribution in [0.25, 0.3) is 10.8 Å². The summed E-state index contributed by atoms with van der Waals surface area (Å²) < 4.78 is 7.11. The summed E-state index contributed by atoms with van der Waals surface area (Å²) in [5.41, 5.74) is 2.47. The van der Waals surface area contributed by atoms with E-state index >= 15 is 0 Å². The van der Waals surface area contributed by atoms with Crippen LogP contribution in [-0.2, 0) is 17.8 Å². The van der Waals surface area contributed by atoms with Crippen LogP contribution in [0.4, 0.5) is 0 Å². The quantitative estimate of drug-likeness (QED) is 0.374.